The van der Waals surface area contributed by atoms with Gasteiger partial charge in [0.05, 0.1) is 7.11 Å². The van der Waals surface area contributed by atoms with Crippen LogP contribution in [0.25, 0.3) is 0 Å². The zero-order chi connectivity index (χ0) is 12.4. The van der Waals surface area contributed by atoms with Gasteiger partial charge in [-0.25, -0.2) is 0 Å². The summed E-state index contributed by atoms with van der Waals surface area (Å²) < 4.78 is 4.94. The van der Waals surface area contributed by atoms with E-state index in [0.29, 0.717) is 18.7 Å². The minimum Gasteiger partial charge on any atom is -0.497 e. The Labute approximate surface area is 97.8 Å². The molecule has 0 aromatic carbocycles. The zero-order valence-corrected chi connectivity index (χ0v) is 9.91. The summed E-state index contributed by atoms with van der Waals surface area (Å²) in [7, 11) is 1.57. The SMILES string of the molecule is C=CCNC(O)CC/C(C=C)=C/C(=C)OC. The fourth-order valence-corrected chi connectivity index (χ4v) is 1.12. The first-order valence-corrected chi connectivity index (χ1v) is 5.22. The molecule has 0 aromatic heterocycles. The van der Waals surface area contributed by atoms with Gasteiger partial charge >= 0.3 is 0 Å². The van der Waals surface area contributed by atoms with Crippen LogP contribution in [0.15, 0.2) is 49.3 Å². The van der Waals surface area contributed by atoms with Crippen molar-refractivity contribution in [2.75, 3.05) is 13.7 Å². The second-order valence-corrected chi connectivity index (χ2v) is 3.35. The van der Waals surface area contributed by atoms with Crippen LogP contribution in [-0.2, 0) is 4.74 Å². The van der Waals surface area contributed by atoms with E-state index in [1.165, 1.54) is 0 Å². The maximum atomic E-state index is 9.54. The van der Waals surface area contributed by atoms with Crippen molar-refractivity contribution in [1.82, 2.24) is 5.32 Å². The molecule has 0 aliphatic heterocycles. The average molecular weight is 223 g/mol. The lowest BCUT2D eigenvalue weighted by Crippen LogP contribution is -2.28. The molecule has 0 heterocycles. The van der Waals surface area contributed by atoms with Crippen molar-refractivity contribution in [3.05, 3.63) is 49.3 Å². The number of rotatable bonds is 9. The van der Waals surface area contributed by atoms with E-state index in [1.807, 2.05) is 6.08 Å². The number of hydrogen-bond acceptors (Lipinski definition) is 3. The molecule has 90 valence electrons. The molecule has 0 saturated heterocycles. The first kappa shape index (κ1) is 14.7. The molecule has 0 bridgehead atoms. The highest BCUT2D eigenvalue weighted by Gasteiger charge is 2.02. The lowest BCUT2D eigenvalue weighted by molar-refractivity contribution is 0.133. The lowest BCUT2D eigenvalue weighted by Gasteiger charge is -2.11. The molecule has 0 amide bonds. The summed E-state index contributed by atoms with van der Waals surface area (Å²) in [6.07, 6.45) is 6.06. The number of nitrogens with one attached hydrogen (secondary N) is 1. The molecule has 2 N–H and O–H groups in total. The van der Waals surface area contributed by atoms with Gasteiger partial charge in [0.1, 0.15) is 12.0 Å². The van der Waals surface area contributed by atoms with E-state index < -0.39 is 6.23 Å². The fourth-order valence-electron chi connectivity index (χ4n) is 1.12. The van der Waals surface area contributed by atoms with E-state index in [0.717, 1.165) is 12.0 Å². The molecule has 0 aliphatic carbocycles. The second kappa shape index (κ2) is 8.95. The van der Waals surface area contributed by atoms with Crippen molar-refractivity contribution in [3.8, 4) is 0 Å². The third-order valence-electron chi connectivity index (χ3n) is 2.08. The number of aliphatic hydroxyl groups is 1. The van der Waals surface area contributed by atoms with Crippen LogP contribution in [0.3, 0.4) is 0 Å². The van der Waals surface area contributed by atoms with Gasteiger partial charge in [-0.2, -0.15) is 0 Å². The number of ether oxygens (including phenoxy) is 1. The Balaban J connectivity index is 4.04. The largest absolute Gasteiger partial charge is 0.497 e. The lowest BCUT2D eigenvalue weighted by atomic mass is 10.1. The highest BCUT2D eigenvalue weighted by atomic mass is 16.5. The number of methoxy groups -OCH3 is 1. The molecule has 3 nitrogen and oxygen atoms in total. The summed E-state index contributed by atoms with van der Waals surface area (Å²) in [4.78, 5) is 0. The predicted octanol–water partition coefficient (Wildman–Crippen LogP) is 2.13. The Morgan fingerprint density at radius 2 is 2.19 bits per heavy atom. The Morgan fingerprint density at radius 3 is 2.69 bits per heavy atom. The molecular weight excluding hydrogens is 202 g/mol. The third-order valence-corrected chi connectivity index (χ3v) is 2.08. The molecule has 1 unspecified atom stereocenters. The van der Waals surface area contributed by atoms with Gasteiger partial charge in [0.25, 0.3) is 0 Å². The van der Waals surface area contributed by atoms with E-state index in [-0.39, 0.29) is 0 Å². The minimum absolute atomic E-state index is 0.530. The third kappa shape index (κ3) is 7.04. The molecule has 1 atom stereocenters. The molecule has 3 heteroatoms. The first-order valence-electron chi connectivity index (χ1n) is 5.22. The molecule has 0 aromatic rings. The van der Waals surface area contributed by atoms with Crippen molar-refractivity contribution in [2.24, 2.45) is 0 Å². The minimum atomic E-state index is -0.530. The van der Waals surface area contributed by atoms with Gasteiger partial charge in [-0.15, -0.1) is 6.58 Å². The Morgan fingerprint density at radius 1 is 1.50 bits per heavy atom. The topological polar surface area (TPSA) is 41.5 Å². The summed E-state index contributed by atoms with van der Waals surface area (Å²) in [6, 6.07) is 0. The van der Waals surface area contributed by atoms with Crippen LogP contribution in [0.4, 0.5) is 0 Å². The first-order chi connectivity index (χ1) is 7.63. The molecule has 0 rings (SSSR count). The Kier molecular flexibility index (Phi) is 8.21. The quantitative estimate of drug-likeness (QED) is 0.272. The monoisotopic (exact) mass is 223 g/mol. The molecule has 0 aliphatic rings. The van der Waals surface area contributed by atoms with Crippen LogP contribution in [0.5, 0.6) is 0 Å². The van der Waals surface area contributed by atoms with Gasteiger partial charge < -0.3 is 9.84 Å². The normalized spacial score (nSPS) is 13.0. The van der Waals surface area contributed by atoms with Crippen molar-refractivity contribution in [3.63, 3.8) is 0 Å². The van der Waals surface area contributed by atoms with E-state index in [4.69, 9.17) is 4.74 Å². The predicted molar refractivity (Wildman–Crippen MR) is 67.9 cm³/mol. The van der Waals surface area contributed by atoms with Crippen LogP contribution in [0.2, 0.25) is 0 Å². The Bertz CT molecular complexity index is 269. The van der Waals surface area contributed by atoms with Gasteiger partial charge in [-0.05, 0) is 24.5 Å². The van der Waals surface area contributed by atoms with Gasteiger partial charge in [0.15, 0.2) is 0 Å². The van der Waals surface area contributed by atoms with Crippen molar-refractivity contribution < 1.29 is 9.84 Å². The summed E-state index contributed by atoms with van der Waals surface area (Å²) in [5.74, 6) is 0.587. The molecular formula is C13H21NO2. The molecule has 0 saturated carbocycles. The standard InChI is InChI=1S/C13H21NO2/c1-5-9-14-13(15)8-7-12(6-2)10-11(3)16-4/h5-6,10,13-15H,1-3,7-9H2,4H3/b12-10+. The molecule has 16 heavy (non-hydrogen) atoms. The summed E-state index contributed by atoms with van der Waals surface area (Å²) in [6.45, 7) is 11.6. The van der Waals surface area contributed by atoms with Crippen LogP contribution < -0.4 is 5.32 Å². The zero-order valence-electron chi connectivity index (χ0n) is 9.91. The fraction of sp³-hybridized carbons (Fsp3) is 0.385. The van der Waals surface area contributed by atoms with Crippen LogP contribution in [-0.4, -0.2) is 25.0 Å². The van der Waals surface area contributed by atoms with Gasteiger partial charge in [-0.3, -0.25) is 5.32 Å². The second-order valence-electron chi connectivity index (χ2n) is 3.35. The highest BCUT2D eigenvalue weighted by Crippen LogP contribution is 2.10. The highest BCUT2D eigenvalue weighted by molar-refractivity contribution is 5.24. The summed E-state index contributed by atoms with van der Waals surface area (Å²) in [5, 5.41) is 12.4. The number of allylic oxidation sites excluding steroid dienone is 3. The van der Waals surface area contributed by atoms with E-state index in [9.17, 15) is 5.11 Å². The molecule has 0 fully saturated rings. The maximum absolute atomic E-state index is 9.54. The average Bonchev–Trinajstić information content (AvgIpc) is 2.31. The van der Waals surface area contributed by atoms with Crippen LogP contribution in [0.1, 0.15) is 12.8 Å². The van der Waals surface area contributed by atoms with E-state index in [2.05, 4.69) is 25.1 Å². The smallest absolute Gasteiger partial charge is 0.111 e. The van der Waals surface area contributed by atoms with Crippen LogP contribution in [0, 0.1) is 0 Å². The molecule has 0 radical (unpaired) electrons. The van der Waals surface area contributed by atoms with Crippen molar-refractivity contribution in [2.45, 2.75) is 19.1 Å². The summed E-state index contributed by atoms with van der Waals surface area (Å²) >= 11 is 0. The number of hydrogen-bond donors (Lipinski definition) is 2. The van der Waals surface area contributed by atoms with Gasteiger partial charge in [-0.1, -0.05) is 25.3 Å². The van der Waals surface area contributed by atoms with Crippen LogP contribution >= 0.6 is 0 Å². The van der Waals surface area contributed by atoms with E-state index >= 15 is 0 Å². The van der Waals surface area contributed by atoms with Gasteiger partial charge in [0.2, 0.25) is 0 Å². The summed E-state index contributed by atoms with van der Waals surface area (Å²) in [5.41, 5.74) is 0.992. The van der Waals surface area contributed by atoms with Gasteiger partial charge in [0, 0.05) is 6.54 Å². The molecule has 0 spiro atoms. The van der Waals surface area contributed by atoms with Crippen molar-refractivity contribution in [1.29, 1.82) is 0 Å². The number of aliphatic hydroxyl groups excluding tert-OH is 1. The maximum Gasteiger partial charge on any atom is 0.111 e. The van der Waals surface area contributed by atoms with E-state index in [1.54, 1.807) is 19.3 Å². The van der Waals surface area contributed by atoms with Crippen molar-refractivity contribution >= 4 is 0 Å². The Hall–Kier alpha value is -1.32.